The molecule has 6 heteroatoms. The van der Waals surface area contributed by atoms with Crippen molar-refractivity contribution in [3.8, 4) is 0 Å². The molecular weight excluding hydrogens is 254 g/mol. The molecule has 0 aromatic carbocycles. The van der Waals surface area contributed by atoms with Gasteiger partial charge in [0.2, 0.25) is 5.91 Å². The molecule has 1 N–H and O–H groups in total. The molecule has 2 unspecified atom stereocenters. The lowest BCUT2D eigenvalue weighted by Crippen LogP contribution is -2.50. The molecule has 2 aliphatic heterocycles. The number of nitrogens with zero attached hydrogens (tertiary/aromatic N) is 4. The zero-order valence-electron chi connectivity index (χ0n) is 12.0. The van der Waals surface area contributed by atoms with Gasteiger partial charge in [-0.1, -0.05) is 0 Å². The minimum atomic E-state index is 0.245. The van der Waals surface area contributed by atoms with E-state index in [9.17, 15) is 4.79 Å². The molecule has 20 heavy (non-hydrogen) atoms. The fourth-order valence-corrected chi connectivity index (χ4v) is 3.62. The molecule has 2 atom stereocenters. The summed E-state index contributed by atoms with van der Waals surface area (Å²) >= 11 is 0. The summed E-state index contributed by atoms with van der Waals surface area (Å²) in [6.45, 7) is 3.50. The first-order chi connectivity index (χ1) is 9.76. The van der Waals surface area contributed by atoms with E-state index in [1.165, 1.54) is 19.2 Å². The van der Waals surface area contributed by atoms with Crippen molar-refractivity contribution in [1.82, 2.24) is 25.0 Å². The van der Waals surface area contributed by atoms with Crippen LogP contribution < -0.4 is 5.32 Å². The first kappa shape index (κ1) is 13.5. The van der Waals surface area contributed by atoms with E-state index in [1.807, 2.05) is 0 Å². The van der Waals surface area contributed by atoms with Crippen LogP contribution in [0.4, 0.5) is 0 Å². The van der Waals surface area contributed by atoms with Gasteiger partial charge in [-0.15, -0.1) is 0 Å². The van der Waals surface area contributed by atoms with E-state index in [4.69, 9.17) is 0 Å². The van der Waals surface area contributed by atoms with Crippen molar-refractivity contribution in [2.24, 2.45) is 0 Å². The Morgan fingerprint density at radius 3 is 2.75 bits per heavy atom. The highest BCUT2D eigenvalue weighted by molar-refractivity contribution is 5.76. The highest BCUT2D eigenvalue weighted by Gasteiger charge is 2.36. The van der Waals surface area contributed by atoms with Gasteiger partial charge >= 0.3 is 0 Å². The molecule has 2 fully saturated rings. The van der Waals surface area contributed by atoms with Crippen molar-refractivity contribution in [3.63, 3.8) is 0 Å². The number of rotatable bonds is 5. The van der Waals surface area contributed by atoms with Gasteiger partial charge in [-0.2, -0.15) is 5.10 Å². The third-order valence-electron chi connectivity index (χ3n) is 4.57. The van der Waals surface area contributed by atoms with E-state index in [1.54, 1.807) is 11.0 Å². The van der Waals surface area contributed by atoms with Crippen LogP contribution >= 0.6 is 0 Å². The van der Waals surface area contributed by atoms with Crippen molar-refractivity contribution >= 4 is 5.91 Å². The zero-order chi connectivity index (χ0) is 13.9. The van der Waals surface area contributed by atoms with Gasteiger partial charge < -0.3 is 10.2 Å². The van der Waals surface area contributed by atoms with Crippen LogP contribution in [-0.2, 0) is 11.3 Å². The summed E-state index contributed by atoms with van der Waals surface area (Å²) < 4.78 is 1.72. The maximum absolute atomic E-state index is 12.4. The average molecular weight is 277 g/mol. The minimum absolute atomic E-state index is 0.245. The molecule has 1 amide bonds. The first-order valence-corrected chi connectivity index (χ1v) is 7.64. The van der Waals surface area contributed by atoms with Gasteiger partial charge in [-0.25, -0.2) is 4.98 Å². The van der Waals surface area contributed by atoms with Gasteiger partial charge in [-0.05, 0) is 32.6 Å². The molecule has 0 radical (unpaired) electrons. The Morgan fingerprint density at radius 1 is 1.40 bits per heavy atom. The molecule has 3 heterocycles. The van der Waals surface area contributed by atoms with Crippen LogP contribution in [0.5, 0.6) is 0 Å². The fourth-order valence-electron chi connectivity index (χ4n) is 3.62. The number of hydrogen-bond acceptors (Lipinski definition) is 4. The Labute approximate surface area is 119 Å². The number of fused-ring (bicyclic) bond motifs is 2. The summed E-state index contributed by atoms with van der Waals surface area (Å²) in [5, 5.41) is 7.68. The highest BCUT2D eigenvalue weighted by atomic mass is 16.2. The third-order valence-corrected chi connectivity index (χ3v) is 4.57. The second-order valence-electron chi connectivity index (χ2n) is 5.85. The van der Waals surface area contributed by atoms with E-state index in [0.717, 1.165) is 19.4 Å². The van der Waals surface area contributed by atoms with Gasteiger partial charge in [-0.3, -0.25) is 9.48 Å². The summed E-state index contributed by atoms with van der Waals surface area (Å²) in [6, 6.07) is 1.66. The molecule has 110 valence electrons. The van der Waals surface area contributed by atoms with E-state index in [0.29, 0.717) is 31.1 Å². The molecule has 0 saturated carbocycles. The normalized spacial score (nSPS) is 28.6. The van der Waals surface area contributed by atoms with Crippen LogP contribution in [0, 0.1) is 0 Å². The SMILES string of the molecule is CCN(C(=O)CCn1cncn1)C1CC2CCC(C1)N2. The largest absolute Gasteiger partial charge is 0.340 e. The number of aryl methyl sites for hydroxylation is 1. The molecule has 2 aliphatic rings. The topological polar surface area (TPSA) is 63.1 Å². The summed E-state index contributed by atoms with van der Waals surface area (Å²) in [4.78, 5) is 18.4. The Balaban J connectivity index is 1.56. The maximum Gasteiger partial charge on any atom is 0.224 e. The first-order valence-electron chi connectivity index (χ1n) is 7.64. The molecule has 1 aromatic rings. The van der Waals surface area contributed by atoms with Gasteiger partial charge in [0.1, 0.15) is 12.7 Å². The van der Waals surface area contributed by atoms with Gasteiger partial charge in [0, 0.05) is 31.1 Å². The minimum Gasteiger partial charge on any atom is -0.340 e. The quantitative estimate of drug-likeness (QED) is 0.864. The average Bonchev–Trinajstić information content (AvgIpc) is 3.07. The van der Waals surface area contributed by atoms with Crippen molar-refractivity contribution in [3.05, 3.63) is 12.7 Å². The number of nitrogens with one attached hydrogen (secondary N) is 1. The van der Waals surface area contributed by atoms with Gasteiger partial charge in [0.15, 0.2) is 0 Å². The molecule has 0 aliphatic carbocycles. The number of hydrogen-bond donors (Lipinski definition) is 1. The van der Waals surface area contributed by atoms with E-state index in [2.05, 4.69) is 27.2 Å². The number of amides is 1. The number of piperidine rings is 1. The second kappa shape index (κ2) is 5.91. The van der Waals surface area contributed by atoms with E-state index >= 15 is 0 Å². The van der Waals surface area contributed by atoms with Crippen molar-refractivity contribution in [1.29, 1.82) is 0 Å². The smallest absolute Gasteiger partial charge is 0.224 e. The zero-order valence-corrected chi connectivity index (χ0v) is 12.0. The Hall–Kier alpha value is -1.43. The molecule has 3 rings (SSSR count). The number of aromatic nitrogens is 3. The molecule has 0 spiro atoms. The van der Waals surface area contributed by atoms with Crippen molar-refractivity contribution in [2.75, 3.05) is 6.54 Å². The lowest BCUT2D eigenvalue weighted by Gasteiger charge is -2.37. The third kappa shape index (κ3) is 2.85. The molecule has 1 aromatic heterocycles. The standard InChI is InChI=1S/C14H23N5O/c1-2-19(13-7-11-3-4-12(8-13)17-11)14(20)5-6-18-10-15-9-16-18/h9-13,17H,2-8H2,1H3. The molecule has 2 saturated heterocycles. The number of carbonyl (C=O) groups excluding carboxylic acids is 1. The summed E-state index contributed by atoms with van der Waals surface area (Å²) in [7, 11) is 0. The maximum atomic E-state index is 12.4. The highest BCUT2D eigenvalue weighted by Crippen LogP contribution is 2.29. The Bertz CT molecular complexity index is 434. The molecule has 2 bridgehead atoms. The van der Waals surface area contributed by atoms with Crippen LogP contribution in [-0.4, -0.2) is 50.2 Å². The van der Waals surface area contributed by atoms with Gasteiger partial charge in [0.05, 0.1) is 6.54 Å². The van der Waals surface area contributed by atoms with E-state index < -0.39 is 0 Å². The van der Waals surface area contributed by atoms with Gasteiger partial charge in [0.25, 0.3) is 0 Å². The summed E-state index contributed by atoms with van der Waals surface area (Å²) in [6.07, 6.45) is 8.44. The lowest BCUT2D eigenvalue weighted by molar-refractivity contribution is -0.134. The van der Waals surface area contributed by atoms with Crippen LogP contribution in [0.15, 0.2) is 12.7 Å². The predicted molar refractivity (Wildman–Crippen MR) is 75.0 cm³/mol. The van der Waals surface area contributed by atoms with Crippen LogP contribution in [0.1, 0.15) is 39.0 Å². The van der Waals surface area contributed by atoms with Crippen molar-refractivity contribution in [2.45, 2.75) is 63.7 Å². The summed E-state index contributed by atoms with van der Waals surface area (Å²) in [5.74, 6) is 0.245. The van der Waals surface area contributed by atoms with Crippen LogP contribution in [0.2, 0.25) is 0 Å². The Morgan fingerprint density at radius 2 is 2.15 bits per heavy atom. The monoisotopic (exact) mass is 277 g/mol. The van der Waals surface area contributed by atoms with E-state index in [-0.39, 0.29) is 5.91 Å². The lowest BCUT2D eigenvalue weighted by atomic mass is 9.98. The van der Waals surface area contributed by atoms with Crippen LogP contribution in [0.3, 0.4) is 0 Å². The second-order valence-corrected chi connectivity index (χ2v) is 5.85. The van der Waals surface area contributed by atoms with Crippen molar-refractivity contribution < 1.29 is 4.79 Å². The van der Waals surface area contributed by atoms with Crippen LogP contribution in [0.25, 0.3) is 0 Å². The number of carbonyl (C=O) groups is 1. The predicted octanol–water partition coefficient (Wildman–Crippen LogP) is 0.800. The Kier molecular flexibility index (Phi) is 4.00. The molecule has 6 nitrogen and oxygen atoms in total. The summed E-state index contributed by atoms with van der Waals surface area (Å²) in [5.41, 5.74) is 0. The fraction of sp³-hybridized carbons (Fsp3) is 0.786. The molecular formula is C14H23N5O.